The molecule has 0 aliphatic rings. The van der Waals surface area contributed by atoms with Crippen molar-refractivity contribution in [1.82, 2.24) is 0 Å². The lowest BCUT2D eigenvalue weighted by molar-refractivity contribution is -0.147. The SMILES string of the molecule is COC(=O)CCCCCCCCOC(=O)CCCCCCCC(CCCCCCCC(=O)OCCCCCCCCC(=O)OC)OC(C)=O. The van der Waals surface area contributed by atoms with Crippen LogP contribution in [0.25, 0.3) is 0 Å². The quantitative estimate of drug-likeness (QED) is 0.0358. The number of ether oxygens (including phenoxy) is 5. The molecule has 0 aliphatic carbocycles. The highest BCUT2D eigenvalue weighted by atomic mass is 16.5. The van der Waals surface area contributed by atoms with Gasteiger partial charge in [0.05, 0.1) is 27.4 Å². The van der Waals surface area contributed by atoms with Crippen molar-refractivity contribution in [3.63, 3.8) is 0 Å². The van der Waals surface area contributed by atoms with E-state index >= 15 is 0 Å². The molecule has 0 saturated carbocycles. The largest absolute Gasteiger partial charge is 0.469 e. The van der Waals surface area contributed by atoms with Crippen molar-refractivity contribution in [2.24, 2.45) is 0 Å². The van der Waals surface area contributed by atoms with E-state index in [0.29, 0.717) is 38.9 Å². The van der Waals surface area contributed by atoms with Crippen LogP contribution in [-0.2, 0) is 47.7 Å². The van der Waals surface area contributed by atoms with Crippen LogP contribution < -0.4 is 0 Å². The highest BCUT2D eigenvalue weighted by Crippen LogP contribution is 2.17. The van der Waals surface area contributed by atoms with Crippen molar-refractivity contribution in [2.45, 2.75) is 193 Å². The smallest absolute Gasteiger partial charge is 0.305 e. The summed E-state index contributed by atoms with van der Waals surface area (Å²) in [5.41, 5.74) is 0. The summed E-state index contributed by atoms with van der Waals surface area (Å²) in [5.74, 6) is -0.753. The van der Waals surface area contributed by atoms with Crippen LogP contribution in [0.5, 0.6) is 0 Å². The van der Waals surface area contributed by atoms with Crippen LogP contribution in [-0.4, -0.2) is 63.4 Å². The topological polar surface area (TPSA) is 132 Å². The minimum absolute atomic E-state index is 0.0397. The number of unbranched alkanes of at least 4 members (excludes halogenated alkanes) is 18. The van der Waals surface area contributed by atoms with Gasteiger partial charge in [0.2, 0.25) is 0 Å². The first-order valence-electron chi connectivity index (χ1n) is 19.4. The van der Waals surface area contributed by atoms with Gasteiger partial charge in [0, 0.05) is 32.6 Å². The molecule has 0 fully saturated rings. The number of carbonyl (C=O) groups is 5. The Kier molecular flexibility index (Phi) is 33.3. The molecule has 286 valence electrons. The number of hydrogen-bond donors (Lipinski definition) is 0. The summed E-state index contributed by atoms with van der Waals surface area (Å²) >= 11 is 0. The molecule has 0 atom stereocenters. The predicted molar refractivity (Wildman–Crippen MR) is 191 cm³/mol. The Morgan fingerprint density at radius 3 is 1.00 bits per heavy atom. The maximum absolute atomic E-state index is 12.0. The lowest BCUT2D eigenvalue weighted by Crippen LogP contribution is -2.16. The van der Waals surface area contributed by atoms with Crippen molar-refractivity contribution < 1.29 is 47.7 Å². The van der Waals surface area contributed by atoms with Crippen LogP contribution >= 0.6 is 0 Å². The van der Waals surface area contributed by atoms with Crippen LogP contribution in [0.3, 0.4) is 0 Å². The molecule has 49 heavy (non-hydrogen) atoms. The van der Waals surface area contributed by atoms with Crippen LogP contribution in [0.2, 0.25) is 0 Å². The van der Waals surface area contributed by atoms with E-state index < -0.39 is 0 Å². The molecule has 0 amide bonds. The zero-order valence-corrected chi connectivity index (χ0v) is 31.4. The Morgan fingerprint density at radius 2 is 0.673 bits per heavy atom. The monoisotopic (exact) mass is 698 g/mol. The number of methoxy groups -OCH3 is 2. The Labute approximate surface area is 297 Å². The number of carbonyl (C=O) groups excluding carboxylic acids is 5. The summed E-state index contributed by atoms with van der Waals surface area (Å²) in [6.07, 6.45) is 25.4. The minimum atomic E-state index is -0.228. The summed E-state index contributed by atoms with van der Waals surface area (Å²) in [6.45, 7) is 2.44. The second-order valence-corrected chi connectivity index (χ2v) is 13.2. The number of rotatable bonds is 35. The van der Waals surface area contributed by atoms with E-state index in [1.807, 2.05) is 0 Å². The van der Waals surface area contributed by atoms with E-state index in [1.54, 1.807) is 0 Å². The van der Waals surface area contributed by atoms with Crippen molar-refractivity contribution in [2.75, 3.05) is 27.4 Å². The lowest BCUT2D eigenvalue weighted by Gasteiger charge is -2.17. The molecule has 0 aromatic carbocycles. The van der Waals surface area contributed by atoms with Crippen molar-refractivity contribution in [3.05, 3.63) is 0 Å². The molecule has 0 aromatic rings. The van der Waals surface area contributed by atoms with E-state index in [-0.39, 0.29) is 36.0 Å². The van der Waals surface area contributed by atoms with E-state index in [2.05, 4.69) is 9.47 Å². The molecule has 0 aliphatic heterocycles. The predicted octanol–water partition coefficient (Wildman–Crippen LogP) is 9.27. The highest BCUT2D eigenvalue weighted by Gasteiger charge is 2.12. The highest BCUT2D eigenvalue weighted by molar-refractivity contribution is 5.70. The lowest BCUT2D eigenvalue weighted by atomic mass is 10.0. The molecule has 0 rings (SSSR count). The Morgan fingerprint density at radius 1 is 0.388 bits per heavy atom. The third kappa shape index (κ3) is 35.0. The fourth-order valence-electron chi connectivity index (χ4n) is 5.72. The minimum Gasteiger partial charge on any atom is -0.469 e. The fourth-order valence-corrected chi connectivity index (χ4v) is 5.72. The molecule has 0 heterocycles. The molecule has 0 unspecified atom stereocenters. The zero-order chi connectivity index (χ0) is 36.2. The molecular formula is C39H70O10. The molecule has 10 heteroatoms. The summed E-state index contributed by atoms with van der Waals surface area (Å²) in [5, 5.41) is 0. The molecule has 0 saturated heterocycles. The normalized spacial score (nSPS) is 10.9. The summed E-state index contributed by atoms with van der Waals surface area (Å²) in [7, 11) is 2.83. The average Bonchev–Trinajstić information content (AvgIpc) is 3.08. The van der Waals surface area contributed by atoms with E-state index in [4.69, 9.17) is 14.2 Å². The number of esters is 5. The first-order chi connectivity index (χ1) is 23.8. The van der Waals surface area contributed by atoms with Gasteiger partial charge in [0.25, 0.3) is 0 Å². The van der Waals surface area contributed by atoms with Crippen LogP contribution in [0.1, 0.15) is 187 Å². The maximum Gasteiger partial charge on any atom is 0.305 e. The standard InChI is InChI=1S/C39H70O10/c1-34(40)49-35(26-18-10-8-14-22-30-38(43)47-32-24-16-6-4-12-20-28-36(41)45-2)27-19-11-9-15-23-31-39(44)48-33-25-17-7-5-13-21-29-37(42)46-3/h35H,4-33H2,1-3H3. The zero-order valence-electron chi connectivity index (χ0n) is 31.4. The van der Waals surface area contributed by atoms with E-state index in [1.165, 1.54) is 21.1 Å². The van der Waals surface area contributed by atoms with E-state index in [0.717, 1.165) is 154 Å². The van der Waals surface area contributed by atoms with Crippen molar-refractivity contribution >= 4 is 29.8 Å². The van der Waals surface area contributed by atoms with Crippen LogP contribution in [0.15, 0.2) is 0 Å². The van der Waals surface area contributed by atoms with Gasteiger partial charge < -0.3 is 23.7 Å². The molecule has 0 aromatic heterocycles. The number of hydrogen-bond acceptors (Lipinski definition) is 10. The summed E-state index contributed by atoms with van der Waals surface area (Å²) in [4.78, 5) is 57.7. The molecule has 10 nitrogen and oxygen atoms in total. The van der Waals surface area contributed by atoms with Gasteiger partial charge in [-0.25, -0.2) is 0 Å². The second-order valence-electron chi connectivity index (χ2n) is 13.2. The van der Waals surface area contributed by atoms with Gasteiger partial charge in [0.1, 0.15) is 6.10 Å². The van der Waals surface area contributed by atoms with Crippen LogP contribution in [0, 0.1) is 0 Å². The maximum atomic E-state index is 12.0. The third-order valence-electron chi connectivity index (χ3n) is 8.68. The van der Waals surface area contributed by atoms with Gasteiger partial charge in [-0.1, -0.05) is 89.9 Å². The molecule has 0 radical (unpaired) electrons. The fraction of sp³-hybridized carbons (Fsp3) is 0.872. The second kappa shape index (κ2) is 35.2. The van der Waals surface area contributed by atoms with Crippen molar-refractivity contribution in [3.8, 4) is 0 Å². The summed E-state index contributed by atoms with van der Waals surface area (Å²) < 4.78 is 25.5. The Bertz CT molecular complexity index is 784. The Hall–Kier alpha value is -2.65. The van der Waals surface area contributed by atoms with Gasteiger partial charge in [-0.05, 0) is 64.2 Å². The van der Waals surface area contributed by atoms with Crippen LogP contribution in [0.4, 0.5) is 0 Å². The first-order valence-corrected chi connectivity index (χ1v) is 19.4. The third-order valence-corrected chi connectivity index (χ3v) is 8.68. The molecule has 0 N–H and O–H groups in total. The summed E-state index contributed by atoms with van der Waals surface area (Å²) in [6, 6.07) is 0. The van der Waals surface area contributed by atoms with Gasteiger partial charge >= 0.3 is 29.8 Å². The molecule has 0 spiro atoms. The van der Waals surface area contributed by atoms with E-state index in [9.17, 15) is 24.0 Å². The van der Waals surface area contributed by atoms with Gasteiger partial charge in [-0.2, -0.15) is 0 Å². The molecule has 0 bridgehead atoms. The Balaban J connectivity index is 3.65. The van der Waals surface area contributed by atoms with Gasteiger partial charge in [0.15, 0.2) is 0 Å². The average molecular weight is 699 g/mol. The molecular weight excluding hydrogens is 628 g/mol. The van der Waals surface area contributed by atoms with Gasteiger partial charge in [-0.15, -0.1) is 0 Å². The first kappa shape index (κ1) is 46.4. The van der Waals surface area contributed by atoms with Gasteiger partial charge in [-0.3, -0.25) is 24.0 Å². The van der Waals surface area contributed by atoms with Crippen molar-refractivity contribution in [1.29, 1.82) is 0 Å².